The lowest BCUT2D eigenvalue weighted by Gasteiger charge is -1.99. The lowest BCUT2D eigenvalue weighted by molar-refractivity contribution is 0.302. The van der Waals surface area contributed by atoms with Crippen molar-refractivity contribution in [3.05, 3.63) is 40.9 Å². The first kappa shape index (κ1) is 7.90. The number of allylic oxidation sites excluding steroid dienone is 4. The van der Waals surface area contributed by atoms with Gasteiger partial charge in [0, 0.05) is 0 Å². The van der Waals surface area contributed by atoms with Crippen molar-refractivity contribution in [2.75, 3.05) is 7.11 Å². The number of rotatable bonds is 1. The number of hydrogen-bond donors (Lipinski definition) is 0. The van der Waals surface area contributed by atoms with Crippen LogP contribution >= 0.6 is 0 Å². The van der Waals surface area contributed by atoms with Gasteiger partial charge in [-0.1, -0.05) is 17.9 Å². The first-order valence-electron chi connectivity index (χ1n) is 3.60. The molecule has 0 atom stereocenters. The standard InChI is InChI=1S/C10H12O/c1-8-4-6-9(2)10(11-3)7-5-8/h4-6H,1-3H3. The van der Waals surface area contributed by atoms with E-state index >= 15 is 0 Å². The van der Waals surface area contributed by atoms with E-state index < -0.39 is 0 Å². The summed E-state index contributed by atoms with van der Waals surface area (Å²) in [5, 5.41) is 0. The molecule has 0 N–H and O–H groups in total. The Balaban J connectivity index is 3.07. The first-order valence-corrected chi connectivity index (χ1v) is 3.60. The van der Waals surface area contributed by atoms with E-state index in [0.29, 0.717) is 0 Å². The van der Waals surface area contributed by atoms with E-state index in [1.807, 2.05) is 32.1 Å². The summed E-state index contributed by atoms with van der Waals surface area (Å²) in [6.45, 7) is 4.05. The smallest absolute Gasteiger partial charge is 0.164 e. The normalized spacial score (nSPS) is 16.5. The predicted molar refractivity (Wildman–Crippen MR) is 46.1 cm³/mol. The van der Waals surface area contributed by atoms with Crippen molar-refractivity contribution in [3.63, 3.8) is 0 Å². The van der Waals surface area contributed by atoms with Crippen molar-refractivity contribution in [1.82, 2.24) is 0 Å². The van der Waals surface area contributed by atoms with Crippen molar-refractivity contribution in [2.24, 2.45) is 0 Å². The van der Waals surface area contributed by atoms with Crippen molar-refractivity contribution in [2.45, 2.75) is 13.8 Å². The maximum absolute atomic E-state index is 5.10. The van der Waals surface area contributed by atoms with E-state index in [1.54, 1.807) is 7.11 Å². The maximum Gasteiger partial charge on any atom is 0.164 e. The molecule has 0 radical (unpaired) electrons. The van der Waals surface area contributed by atoms with Crippen molar-refractivity contribution >= 4 is 0 Å². The molecule has 0 unspecified atom stereocenters. The molecular formula is C10H12O. The SMILES string of the molecule is COC1=C=CC(C)=CC=C1C. The van der Waals surface area contributed by atoms with Crippen LogP contribution < -0.4 is 0 Å². The molecule has 0 aromatic rings. The summed E-state index contributed by atoms with van der Waals surface area (Å²) in [6, 6.07) is 0. The Kier molecular flexibility index (Phi) is 2.35. The van der Waals surface area contributed by atoms with Crippen LogP contribution in [0.25, 0.3) is 0 Å². The zero-order valence-electron chi connectivity index (χ0n) is 7.14. The fourth-order valence-electron chi connectivity index (χ4n) is 0.893. The molecule has 1 aliphatic carbocycles. The molecule has 11 heavy (non-hydrogen) atoms. The first-order chi connectivity index (χ1) is 5.24. The Morgan fingerprint density at radius 2 is 2.00 bits per heavy atom. The fraction of sp³-hybridized carbons (Fsp3) is 0.300. The number of ether oxygens (including phenoxy) is 1. The van der Waals surface area contributed by atoms with Crippen LogP contribution in [0, 0.1) is 0 Å². The van der Waals surface area contributed by atoms with Crippen LogP contribution in [0.2, 0.25) is 0 Å². The van der Waals surface area contributed by atoms with Gasteiger partial charge in [0.2, 0.25) is 0 Å². The molecule has 0 heterocycles. The van der Waals surface area contributed by atoms with E-state index in [2.05, 4.69) is 5.73 Å². The fourth-order valence-corrected chi connectivity index (χ4v) is 0.893. The summed E-state index contributed by atoms with van der Waals surface area (Å²) in [4.78, 5) is 0. The summed E-state index contributed by atoms with van der Waals surface area (Å²) in [6.07, 6.45) is 6.00. The molecular weight excluding hydrogens is 136 g/mol. The summed E-state index contributed by atoms with van der Waals surface area (Å²) >= 11 is 0. The minimum atomic E-state index is 0.818. The highest BCUT2D eigenvalue weighted by Gasteiger charge is 1.98. The molecule has 0 aromatic carbocycles. The molecule has 58 valence electrons. The van der Waals surface area contributed by atoms with E-state index in [-0.39, 0.29) is 0 Å². The van der Waals surface area contributed by atoms with Gasteiger partial charge in [-0.05, 0) is 31.1 Å². The van der Waals surface area contributed by atoms with Crippen LogP contribution in [0.1, 0.15) is 13.8 Å². The van der Waals surface area contributed by atoms with Gasteiger partial charge in [-0.15, -0.1) is 0 Å². The second kappa shape index (κ2) is 3.27. The van der Waals surface area contributed by atoms with Gasteiger partial charge in [0.1, 0.15) is 0 Å². The molecule has 1 heteroatoms. The monoisotopic (exact) mass is 148 g/mol. The molecule has 0 bridgehead atoms. The van der Waals surface area contributed by atoms with E-state index in [0.717, 1.165) is 11.3 Å². The van der Waals surface area contributed by atoms with Crippen LogP contribution in [0.5, 0.6) is 0 Å². The molecule has 0 aromatic heterocycles. The Morgan fingerprint density at radius 3 is 2.64 bits per heavy atom. The molecule has 0 saturated heterocycles. The van der Waals surface area contributed by atoms with Gasteiger partial charge in [-0.25, -0.2) is 0 Å². The average molecular weight is 148 g/mol. The zero-order valence-corrected chi connectivity index (χ0v) is 7.14. The lowest BCUT2D eigenvalue weighted by Crippen LogP contribution is -1.84. The van der Waals surface area contributed by atoms with Crippen LogP contribution in [0.4, 0.5) is 0 Å². The van der Waals surface area contributed by atoms with Gasteiger partial charge < -0.3 is 4.74 Å². The average Bonchev–Trinajstić information content (AvgIpc) is 2.15. The molecule has 1 aliphatic rings. The molecule has 1 rings (SSSR count). The largest absolute Gasteiger partial charge is 0.489 e. The Bertz CT molecular complexity index is 273. The van der Waals surface area contributed by atoms with Gasteiger partial charge >= 0.3 is 0 Å². The topological polar surface area (TPSA) is 9.23 Å². The Morgan fingerprint density at radius 1 is 1.27 bits per heavy atom. The molecule has 0 fully saturated rings. The summed E-state index contributed by atoms with van der Waals surface area (Å²) in [7, 11) is 1.66. The molecule has 0 aliphatic heterocycles. The Hall–Kier alpha value is -1.20. The highest BCUT2D eigenvalue weighted by molar-refractivity contribution is 5.35. The third-order valence-electron chi connectivity index (χ3n) is 1.59. The van der Waals surface area contributed by atoms with Gasteiger partial charge in [0.25, 0.3) is 0 Å². The minimum absolute atomic E-state index is 0.818. The molecule has 1 nitrogen and oxygen atoms in total. The molecule has 0 amide bonds. The molecule has 0 saturated carbocycles. The second-order valence-corrected chi connectivity index (χ2v) is 2.58. The predicted octanol–water partition coefficient (Wildman–Crippen LogP) is 2.58. The van der Waals surface area contributed by atoms with Crippen LogP contribution in [-0.4, -0.2) is 7.11 Å². The van der Waals surface area contributed by atoms with Crippen molar-refractivity contribution < 1.29 is 4.74 Å². The second-order valence-electron chi connectivity index (χ2n) is 2.58. The van der Waals surface area contributed by atoms with E-state index in [4.69, 9.17) is 4.74 Å². The van der Waals surface area contributed by atoms with Crippen LogP contribution in [0.3, 0.4) is 0 Å². The van der Waals surface area contributed by atoms with Gasteiger partial charge in [0.15, 0.2) is 5.76 Å². The third-order valence-corrected chi connectivity index (χ3v) is 1.59. The quantitative estimate of drug-likeness (QED) is 0.519. The lowest BCUT2D eigenvalue weighted by atomic mass is 10.2. The van der Waals surface area contributed by atoms with E-state index in [1.165, 1.54) is 5.57 Å². The minimum Gasteiger partial charge on any atom is -0.489 e. The summed E-state index contributed by atoms with van der Waals surface area (Å²) in [5.41, 5.74) is 5.37. The van der Waals surface area contributed by atoms with Crippen LogP contribution in [-0.2, 0) is 4.74 Å². The number of hydrogen-bond acceptors (Lipinski definition) is 1. The highest BCUT2D eigenvalue weighted by Crippen LogP contribution is 2.12. The summed E-state index contributed by atoms with van der Waals surface area (Å²) < 4.78 is 5.10. The summed E-state index contributed by atoms with van der Waals surface area (Å²) in [5.74, 6) is 0.818. The van der Waals surface area contributed by atoms with Crippen molar-refractivity contribution in [3.8, 4) is 0 Å². The van der Waals surface area contributed by atoms with Crippen LogP contribution in [0.15, 0.2) is 40.9 Å². The van der Waals surface area contributed by atoms with E-state index in [9.17, 15) is 0 Å². The highest BCUT2D eigenvalue weighted by atomic mass is 16.5. The maximum atomic E-state index is 5.10. The zero-order chi connectivity index (χ0) is 8.27. The molecule has 0 spiro atoms. The van der Waals surface area contributed by atoms with Gasteiger partial charge in [0.05, 0.1) is 7.11 Å². The van der Waals surface area contributed by atoms with Gasteiger partial charge in [-0.2, -0.15) is 0 Å². The third kappa shape index (κ3) is 1.86. The number of methoxy groups -OCH3 is 1. The Labute approximate surface area is 67.4 Å². The van der Waals surface area contributed by atoms with Gasteiger partial charge in [-0.3, -0.25) is 0 Å². The van der Waals surface area contributed by atoms with Crippen molar-refractivity contribution in [1.29, 1.82) is 0 Å².